The monoisotopic (exact) mass is 338 g/mol. The average molecular weight is 338 g/mol. The highest BCUT2D eigenvalue weighted by Gasteiger charge is 2.29. The minimum Gasteiger partial charge on any atom is -0.486 e. The molecule has 3 rings (SSSR count). The van der Waals surface area contributed by atoms with Gasteiger partial charge in [-0.3, -0.25) is 4.79 Å². The number of nitrogens with zero attached hydrogens (tertiary/aromatic N) is 1. The van der Waals surface area contributed by atoms with E-state index in [-0.39, 0.29) is 34.3 Å². The van der Waals surface area contributed by atoms with E-state index in [9.17, 15) is 13.2 Å². The summed E-state index contributed by atoms with van der Waals surface area (Å²) >= 11 is 0. The summed E-state index contributed by atoms with van der Waals surface area (Å²) in [5, 5.41) is 3.58. The fraction of sp³-hybridized carbons (Fsp3) is 0.286. The van der Waals surface area contributed by atoms with Crippen LogP contribution in [-0.2, 0) is 10.0 Å². The molecule has 2 aromatic rings. The molecule has 0 spiro atoms. The van der Waals surface area contributed by atoms with E-state index in [2.05, 4.69) is 5.16 Å². The number of para-hydroxylation sites is 1. The maximum absolute atomic E-state index is 12.4. The van der Waals surface area contributed by atoms with E-state index in [4.69, 9.17) is 14.0 Å². The van der Waals surface area contributed by atoms with Crippen LogP contribution in [0.25, 0.3) is 0 Å². The SMILES string of the molecule is Cc1noc(C)c1S(=O)(=O)NC(=O)c1cccc2c1OCCO2. The van der Waals surface area contributed by atoms with Crippen LogP contribution in [0.5, 0.6) is 11.5 Å². The summed E-state index contributed by atoms with van der Waals surface area (Å²) in [5.41, 5.74) is 0.259. The van der Waals surface area contributed by atoms with Gasteiger partial charge in [-0.25, -0.2) is 13.1 Å². The zero-order valence-electron chi connectivity index (χ0n) is 12.5. The number of benzene rings is 1. The number of aromatic nitrogens is 1. The predicted molar refractivity (Wildman–Crippen MR) is 78.1 cm³/mol. The molecule has 1 aliphatic rings. The van der Waals surface area contributed by atoms with Gasteiger partial charge in [0.15, 0.2) is 22.2 Å². The standard InChI is InChI=1S/C14H14N2O6S/c1-8-13(9(2)22-15-8)23(18,19)16-14(17)10-4-3-5-11-12(10)21-7-6-20-11/h3-5H,6-7H2,1-2H3,(H,16,17). The fourth-order valence-electron chi connectivity index (χ4n) is 2.34. The average Bonchev–Trinajstić information content (AvgIpc) is 2.86. The molecule has 0 unspecified atom stereocenters. The molecule has 0 atom stereocenters. The lowest BCUT2D eigenvalue weighted by Gasteiger charge is -2.20. The van der Waals surface area contributed by atoms with Crippen molar-refractivity contribution in [1.82, 2.24) is 9.88 Å². The number of aryl methyl sites for hydroxylation is 2. The number of fused-ring (bicyclic) bond motifs is 1. The van der Waals surface area contributed by atoms with Crippen molar-refractivity contribution in [3.05, 3.63) is 35.2 Å². The zero-order chi connectivity index (χ0) is 16.6. The van der Waals surface area contributed by atoms with Gasteiger partial charge in [-0.2, -0.15) is 0 Å². The van der Waals surface area contributed by atoms with E-state index in [1.165, 1.54) is 19.9 Å². The van der Waals surface area contributed by atoms with Gasteiger partial charge in [0.25, 0.3) is 15.9 Å². The van der Waals surface area contributed by atoms with Crippen molar-refractivity contribution in [2.24, 2.45) is 0 Å². The number of carbonyl (C=O) groups excluding carboxylic acids is 1. The molecule has 8 nitrogen and oxygen atoms in total. The molecule has 1 aromatic heterocycles. The smallest absolute Gasteiger partial charge is 0.269 e. The molecule has 1 amide bonds. The Bertz CT molecular complexity index is 852. The molecule has 2 heterocycles. The van der Waals surface area contributed by atoms with Gasteiger partial charge in [-0.1, -0.05) is 11.2 Å². The van der Waals surface area contributed by atoms with Crippen LogP contribution < -0.4 is 14.2 Å². The van der Waals surface area contributed by atoms with Crippen LogP contribution in [0.2, 0.25) is 0 Å². The zero-order valence-corrected chi connectivity index (χ0v) is 13.3. The summed E-state index contributed by atoms with van der Waals surface area (Å²) in [5.74, 6) is -0.0753. The topological polar surface area (TPSA) is 108 Å². The molecule has 1 aliphatic heterocycles. The number of sulfonamides is 1. The maximum Gasteiger partial charge on any atom is 0.269 e. The third-order valence-electron chi connectivity index (χ3n) is 3.27. The van der Waals surface area contributed by atoms with Crippen LogP contribution >= 0.6 is 0 Å². The molecule has 9 heteroatoms. The van der Waals surface area contributed by atoms with Crippen LogP contribution in [0.15, 0.2) is 27.6 Å². The molecule has 0 saturated carbocycles. The molecule has 0 bridgehead atoms. The Labute approximate surface area is 132 Å². The lowest BCUT2D eigenvalue weighted by Crippen LogP contribution is -2.32. The first-order valence-electron chi connectivity index (χ1n) is 6.79. The molecule has 0 aliphatic carbocycles. The van der Waals surface area contributed by atoms with Gasteiger partial charge in [0.2, 0.25) is 0 Å². The van der Waals surface area contributed by atoms with Crippen molar-refractivity contribution in [3.63, 3.8) is 0 Å². The van der Waals surface area contributed by atoms with Crippen LogP contribution in [0, 0.1) is 13.8 Å². The van der Waals surface area contributed by atoms with Crippen molar-refractivity contribution in [2.75, 3.05) is 13.2 Å². The number of hydrogen-bond acceptors (Lipinski definition) is 7. The Kier molecular flexibility index (Phi) is 3.72. The molecule has 0 radical (unpaired) electrons. The number of rotatable bonds is 3. The van der Waals surface area contributed by atoms with Gasteiger partial charge in [0.1, 0.15) is 18.9 Å². The highest BCUT2D eigenvalue weighted by atomic mass is 32.2. The van der Waals surface area contributed by atoms with Gasteiger partial charge in [-0.15, -0.1) is 0 Å². The Hall–Kier alpha value is -2.55. The van der Waals surface area contributed by atoms with E-state index < -0.39 is 15.9 Å². The van der Waals surface area contributed by atoms with Crippen LogP contribution in [0.4, 0.5) is 0 Å². The Balaban J connectivity index is 1.94. The van der Waals surface area contributed by atoms with E-state index in [1.54, 1.807) is 12.1 Å². The number of ether oxygens (including phenoxy) is 2. The van der Waals surface area contributed by atoms with E-state index in [0.717, 1.165) is 0 Å². The summed E-state index contributed by atoms with van der Waals surface area (Å²) in [6.45, 7) is 3.60. The van der Waals surface area contributed by atoms with Crippen molar-refractivity contribution >= 4 is 15.9 Å². The molecule has 23 heavy (non-hydrogen) atoms. The molecule has 1 N–H and O–H groups in total. The highest BCUT2D eigenvalue weighted by molar-refractivity contribution is 7.90. The van der Waals surface area contributed by atoms with Crippen molar-refractivity contribution < 1.29 is 27.2 Å². The van der Waals surface area contributed by atoms with Gasteiger partial charge in [0.05, 0.1) is 5.56 Å². The van der Waals surface area contributed by atoms with Gasteiger partial charge in [0, 0.05) is 0 Å². The lowest BCUT2D eigenvalue weighted by atomic mass is 10.1. The third kappa shape index (κ3) is 2.74. The molecule has 0 saturated heterocycles. The minimum atomic E-state index is -4.10. The molecule has 1 aromatic carbocycles. The van der Waals surface area contributed by atoms with Gasteiger partial charge < -0.3 is 14.0 Å². The molecule has 122 valence electrons. The van der Waals surface area contributed by atoms with Gasteiger partial charge >= 0.3 is 0 Å². The first-order valence-corrected chi connectivity index (χ1v) is 8.27. The predicted octanol–water partition coefficient (Wildman–Crippen LogP) is 1.18. The summed E-state index contributed by atoms with van der Waals surface area (Å²) in [4.78, 5) is 12.2. The largest absolute Gasteiger partial charge is 0.486 e. The van der Waals surface area contributed by atoms with Crippen molar-refractivity contribution in [1.29, 1.82) is 0 Å². The van der Waals surface area contributed by atoms with Crippen molar-refractivity contribution in [2.45, 2.75) is 18.7 Å². The van der Waals surface area contributed by atoms with Gasteiger partial charge in [-0.05, 0) is 26.0 Å². The second-order valence-electron chi connectivity index (χ2n) is 4.92. The first kappa shape index (κ1) is 15.3. The summed E-state index contributed by atoms with van der Waals surface area (Å²) in [7, 11) is -4.10. The normalized spacial score (nSPS) is 13.7. The first-order chi connectivity index (χ1) is 10.9. The lowest BCUT2D eigenvalue weighted by molar-refractivity contribution is 0.0970. The highest BCUT2D eigenvalue weighted by Crippen LogP contribution is 2.33. The number of amides is 1. The van der Waals surface area contributed by atoms with Crippen molar-refractivity contribution in [3.8, 4) is 11.5 Å². The van der Waals surface area contributed by atoms with Crippen LogP contribution in [0.3, 0.4) is 0 Å². The van der Waals surface area contributed by atoms with Crippen LogP contribution in [0.1, 0.15) is 21.8 Å². The van der Waals surface area contributed by atoms with E-state index in [1.807, 2.05) is 4.72 Å². The molecule has 0 fully saturated rings. The fourth-order valence-corrected chi connectivity index (χ4v) is 3.64. The summed E-state index contributed by atoms with van der Waals surface area (Å²) < 4.78 is 42.4. The third-order valence-corrected chi connectivity index (χ3v) is 4.85. The minimum absolute atomic E-state index is 0.0811. The summed E-state index contributed by atoms with van der Waals surface area (Å²) in [6.07, 6.45) is 0. The maximum atomic E-state index is 12.4. The number of carbonyl (C=O) groups is 1. The molecular weight excluding hydrogens is 324 g/mol. The Morgan fingerprint density at radius 2 is 1.96 bits per heavy atom. The molecular formula is C14H14N2O6S. The van der Waals surface area contributed by atoms with E-state index >= 15 is 0 Å². The summed E-state index contributed by atoms with van der Waals surface area (Å²) in [6, 6.07) is 4.70. The second kappa shape index (κ2) is 5.58. The Morgan fingerprint density at radius 3 is 2.65 bits per heavy atom. The number of nitrogens with one attached hydrogen (secondary N) is 1. The van der Waals surface area contributed by atoms with Crippen LogP contribution in [-0.4, -0.2) is 32.7 Å². The van der Waals surface area contributed by atoms with E-state index in [0.29, 0.717) is 12.4 Å². The second-order valence-corrected chi connectivity index (χ2v) is 6.54. The Morgan fingerprint density at radius 1 is 1.22 bits per heavy atom. The quantitative estimate of drug-likeness (QED) is 0.895. The number of hydrogen-bond donors (Lipinski definition) is 1.